The summed E-state index contributed by atoms with van der Waals surface area (Å²) in [6.45, 7) is 0. The lowest BCUT2D eigenvalue weighted by Gasteiger charge is -2.24. The molecule has 0 unspecified atom stereocenters. The second-order valence-electron chi connectivity index (χ2n) is 4.46. The number of methoxy groups -OCH3 is 1. The van der Waals surface area contributed by atoms with Crippen LogP contribution in [0.1, 0.15) is 5.56 Å². The number of fused-ring (bicyclic) bond motifs is 1. The lowest BCUT2D eigenvalue weighted by molar-refractivity contribution is -0.141. The van der Waals surface area contributed by atoms with Gasteiger partial charge in [-0.15, -0.1) is 10.2 Å². The van der Waals surface area contributed by atoms with Crippen molar-refractivity contribution in [3.05, 3.63) is 47.1 Å². The predicted molar refractivity (Wildman–Crippen MR) is 75.1 cm³/mol. The molecular formula is C14H12ClN3O2. The molecule has 1 aromatic carbocycles. The number of nitrogens with zero attached hydrogens (tertiary/aromatic N) is 3. The Bertz CT molecular complexity index is 645. The van der Waals surface area contributed by atoms with Gasteiger partial charge in [0.05, 0.1) is 7.11 Å². The van der Waals surface area contributed by atoms with E-state index in [1.807, 2.05) is 29.2 Å². The van der Waals surface area contributed by atoms with E-state index in [2.05, 4.69) is 10.2 Å². The Hall–Kier alpha value is -2.14. The van der Waals surface area contributed by atoms with E-state index in [9.17, 15) is 4.79 Å². The molecule has 20 heavy (non-hydrogen) atoms. The Morgan fingerprint density at radius 1 is 1.30 bits per heavy atom. The average molecular weight is 290 g/mol. The van der Waals surface area contributed by atoms with Gasteiger partial charge in [0.25, 0.3) is 0 Å². The van der Waals surface area contributed by atoms with E-state index in [4.69, 9.17) is 16.3 Å². The summed E-state index contributed by atoms with van der Waals surface area (Å²) >= 11 is 5.76. The molecule has 3 rings (SSSR count). The molecule has 0 saturated heterocycles. The minimum absolute atomic E-state index is 0.294. The van der Waals surface area contributed by atoms with Gasteiger partial charge < -0.3 is 9.64 Å². The lowest BCUT2D eigenvalue weighted by Crippen LogP contribution is -2.36. The molecule has 2 aromatic rings. The molecule has 0 saturated carbocycles. The highest BCUT2D eigenvalue weighted by Gasteiger charge is 2.36. The zero-order valence-electron chi connectivity index (χ0n) is 10.8. The first kappa shape index (κ1) is 12.9. The van der Waals surface area contributed by atoms with E-state index in [1.54, 1.807) is 12.1 Å². The number of aromatic nitrogens is 2. The number of benzene rings is 1. The van der Waals surface area contributed by atoms with Crippen molar-refractivity contribution < 1.29 is 9.53 Å². The Morgan fingerprint density at radius 3 is 2.80 bits per heavy atom. The lowest BCUT2D eigenvalue weighted by atomic mass is 10.1. The number of esters is 1. The zero-order chi connectivity index (χ0) is 14.1. The monoisotopic (exact) mass is 289 g/mol. The van der Waals surface area contributed by atoms with E-state index >= 15 is 0 Å². The number of carbonyl (C=O) groups excluding carboxylic acids is 1. The molecule has 0 N–H and O–H groups in total. The maximum absolute atomic E-state index is 12.0. The molecule has 5 nitrogen and oxygen atoms in total. The van der Waals surface area contributed by atoms with Crippen molar-refractivity contribution in [2.24, 2.45) is 0 Å². The van der Waals surface area contributed by atoms with Gasteiger partial charge in [-0.05, 0) is 23.8 Å². The molecule has 102 valence electrons. The number of halogens is 1. The van der Waals surface area contributed by atoms with Crippen LogP contribution < -0.4 is 4.90 Å². The van der Waals surface area contributed by atoms with Gasteiger partial charge in [-0.25, -0.2) is 4.79 Å². The van der Waals surface area contributed by atoms with Crippen LogP contribution in [0.3, 0.4) is 0 Å². The molecule has 1 aliphatic heterocycles. The van der Waals surface area contributed by atoms with Gasteiger partial charge in [0, 0.05) is 12.1 Å². The Balaban J connectivity index is 2.07. The van der Waals surface area contributed by atoms with Crippen LogP contribution in [0, 0.1) is 0 Å². The fourth-order valence-electron chi connectivity index (χ4n) is 2.43. The van der Waals surface area contributed by atoms with Crippen LogP contribution in [0.25, 0.3) is 0 Å². The first-order valence-electron chi connectivity index (χ1n) is 6.15. The fourth-order valence-corrected chi connectivity index (χ4v) is 2.53. The van der Waals surface area contributed by atoms with Crippen LogP contribution in [0.2, 0.25) is 5.15 Å². The highest BCUT2D eigenvalue weighted by molar-refractivity contribution is 6.29. The number of hydrogen-bond acceptors (Lipinski definition) is 5. The second kappa shape index (κ2) is 5.09. The molecule has 2 heterocycles. The summed E-state index contributed by atoms with van der Waals surface area (Å²) in [5.74, 6) is 0.285. The Kier molecular flexibility index (Phi) is 3.28. The maximum atomic E-state index is 12.0. The Labute approximate surface area is 121 Å². The molecule has 1 aromatic heterocycles. The quantitative estimate of drug-likeness (QED) is 0.795. The van der Waals surface area contributed by atoms with Crippen LogP contribution in [-0.2, 0) is 16.0 Å². The zero-order valence-corrected chi connectivity index (χ0v) is 11.5. The smallest absolute Gasteiger partial charge is 0.329 e. The largest absolute Gasteiger partial charge is 0.467 e. The molecule has 0 radical (unpaired) electrons. The molecule has 0 amide bonds. The summed E-state index contributed by atoms with van der Waals surface area (Å²) in [5.41, 5.74) is 2.03. The number of ether oxygens (including phenoxy) is 1. The van der Waals surface area contributed by atoms with Gasteiger partial charge in [0.2, 0.25) is 0 Å². The van der Waals surface area contributed by atoms with E-state index in [1.165, 1.54) is 7.11 Å². The van der Waals surface area contributed by atoms with Crippen molar-refractivity contribution in [1.82, 2.24) is 10.2 Å². The maximum Gasteiger partial charge on any atom is 0.329 e. The Morgan fingerprint density at radius 2 is 2.10 bits per heavy atom. The predicted octanol–water partition coefficient (Wildman–Crippen LogP) is 2.37. The summed E-state index contributed by atoms with van der Waals surface area (Å²) in [6.07, 6.45) is 0.590. The van der Waals surface area contributed by atoms with Crippen molar-refractivity contribution in [1.29, 1.82) is 0 Å². The van der Waals surface area contributed by atoms with Crippen molar-refractivity contribution in [2.75, 3.05) is 12.0 Å². The van der Waals surface area contributed by atoms with Crippen LogP contribution >= 0.6 is 11.6 Å². The summed E-state index contributed by atoms with van der Waals surface area (Å²) in [4.78, 5) is 13.8. The molecule has 0 bridgehead atoms. The van der Waals surface area contributed by atoms with Gasteiger partial charge in [-0.2, -0.15) is 0 Å². The first-order chi connectivity index (χ1) is 9.70. The summed E-state index contributed by atoms with van der Waals surface area (Å²) in [5, 5.41) is 8.22. The molecule has 6 heteroatoms. The second-order valence-corrected chi connectivity index (χ2v) is 4.84. The van der Waals surface area contributed by atoms with Crippen LogP contribution in [0.5, 0.6) is 0 Å². The number of para-hydroxylation sites is 1. The SMILES string of the molecule is COC(=O)[C@@H]1Cc2ccccc2N1c1ccc(Cl)nn1. The minimum atomic E-state index is -0.423. The number of hydrogen-bond donors (Lipinski definition) is 0. The number of carbonyl (C=O) groups is 1. The summed E-state index contributed by atoms with van der Waals surface area (Å²) in [6, 6.07) is 10.8. The summed E-state index contributed by atoms with van der Waals surface area (Å²) < 4.78 is 4.89. The molecule has 0 spiro atoms. The van der Waals surface area contributed by atoms with Crippen molar-refractivity contribution in [3.8, 4) is 0 Å². The number of anilines is 2. The van der Waals surface area contributed by atoms with E-state index in [-0.39, 0.29) is 5.97 Å². The van der Waals surface area contributed by atoms with Crippen LogP contribution in [0.15, 0.2) is 36.4 Å². The van der Waals surface area contributed by atoms with E-state index < -0.39 is 6.04 Å². The molecule has 1 aliphatic rings. The van der Waals surface area contributed by atoms with Crippen molar-refractivity contribution in [2.45, 2.75) is 12.5 Å². The van der Waals surface area contributed by atoms with Crippen LogP contribution in [-0.4, -0.2) is 29.3 Å². The standard InChI is InChI=1S/C14H12ClN3O2/c1-20-14(19)11-8-9-4-2-3-5-10(9)18(11)13-7-6-12(15)16-17-13/h2-7,11H,8H2,1H3/t11-/m0/s1. The van der Waals surface area contributed by atoms with Gasteiger partial charge in [0.15, 0.2) is 11.0 Å². The molecule has 0 fully saturated rings. The van der Waals surface area contributed by atoms with E-state index in [0.717, 1.165) is 11.3 Å². The van der Waals surface area contributed by atoms with Gasteiger partial charge in [0.1, 0.15) is 6.04 Å². The van der Waals surface area contributed by atoms with Crippen molar-refractivity contribution >= 4 is 29.1 Å². The van der Waals surface area contributed by atoms with Crippen LogP contribution in [0.4, 0.5) is 11.5 Å². The first-order valence-corrected chi connectivity index (χ1v) is 6.52. The molecule has 1 atom stereocenters. The van der Waals surface area contributed by atoms with Gasteiger partial charge in [-0.1, -0.05) is 29.8 Å². The van der Waals surface area contributed by atoms with Gasteiger partial charge >= 0.3 is 5.97 Å². The third kappa shape index (κ3) is 2.10. The minimum Gasteiger partial charge on any atom is -0.467 e. The van der Waals surface area contributed by atoms with Gasteiger partial charge in [-0.3, -0.25) is 0 Å². The average Bonchev–Trinajstić information content (AvgIpc) is 2.87. The number of rotatable bonds is 2. The molecule has 0 aliphatic carbocycles. The summed E-state index contributed by atoms with van der Waals surface area (Å²) in [7, 11) is 1.39. The van der Waals surface area contributed by atoms with Crippen molar-refractivity contribution in [3.63, 3.8) is 0 Å². The topological polar surface area (TPSA) is 55.3 Å². The fraction of sp³-hybridized carbons (Fsp3) is 0.214. The normalized spacial score (nSPS) is 16.9. The van der Waals surface area contributed by atoms with E-state index in [0.29, 0.717) is 17.4 Å². The highest BCUT2D eigenvalue weighted by Crippen LogP contribution is 2.37. The third-order valence-corrected chi connectivity index (χ3v) is 3.52. The highest BCUT2D eigenvalue weighted by atomic mass is 35.5. The third-order valence-electron chi connectivity index (χ3n) is 3.31. The molecular weight excluding hydrogens is 278 g/mol.